The van der Waals surface area contributed by atoms with Crippen molar-refractivity contribution in [3.63, 3.8) is 0 Å². The Kier molecular flexibility index (Phi) is 2.71. The van der Waals surface area contributed by atoms with E-state index in [4.69, 9.17) is 4.74 Å². The fourth-order valence-electron chi connectivity index (χ4n) is 2.95. The predicted molar refractivity (Wildman–Crippen MR) is 60.9 cm³/mol. The summed E-state index contributed by atoms with van der Waals surface area (Å²) >= 11 is 0. The molecule has 0 aliphatic carbocycles. The Morgan fingerprint density at radius 2 is 2.19 bits per heavy atom. The summed E-state index contributed by atoms with van der Waals surface area (Å²) in [6, 6.07) is 0. The lowest BCUT2D eigenvalue weighted by molar-refractivity contribution is -0.162. The number of carbonyl (C=O) groups excluding carboxylic acids is 1. The van der Waals surface area contributed by atoms with Crippen molar-refractivity contribution in [2.24, 2.45) is 17.8 Å². The maximum atomic E-state index is 12.3. The highest BCUT2D eigenvalue weighted by Crippen LogP contribution is 2.46. The van der Waals surface area contributed by atoms with Crippen LogP contribution in [0.1, 0.15) is 27.7 Å². The molecule has 2 bridgehead atoms. The van der Waals surface area contributed by atoms with E-state index in [1.165, 1.54) is 0 Å². The van der Waals surface area contributed by atoms with Gasteiger partial charge in [0.05, 0.1) is 24.2 Å². The highest BCUT2D eigenvalue weighted by Gasteiger charge is 2.54. The summed E-state index contributed by atoms with van der Waals surface area (Å²) < 4.78 is 5.97. The molecule has 0 saturated carbocycles. The van der Waals surface area contributed by atoms with Crippen molar-refractivity contribution >= 4 is 5.78 Å². The van der Waals surface area contributed by atoms with Gasteiger partial charge in [0.1, 0.15) is 5.78 Å². The third-order valence-electron chi connectivity index (χ3n) is 4.21. The van der Waals surface area contributed by atoms with Crippen molar-refractivity contribution in [1.29, 1.82) is 0 Å². The van der Waals surface area contributed by atoms with Gasteiger partial charge in [0.15, 0.2) is 0 Å². The number of carbonyl (C=O) groups is 1. The lowest BCUT2D eigenvalue weighted by Gasteiger charge is -2.42. The maximum Gasteiger partial charge on any atom is 0.145 e. The molecule has 90 valence electrons. The second-order valence-corrected chi connectivity index (χ2v) is 5.43. The van der Waals surface area contributed by atoms with Crippen molar-refractivity contribution in [3.05, 3.63) is 11.6 Å². The molecule has 0 radical (unpaired) electrons. The van der Waals surface area contributed by atoms with Gasteiger partial charge in [-0.15, -0.1) is 0 Å². The van der Waals surface area contributed by atoms with Gasteiger partial charge in [-0.25, -0.2) is 0 Å². The van der Waals surface area contributed by atoms with Crippen LogP contribution in [0.4, 0.5) is 0 Å². The molecule has 0 aromatic heterocycles. The minimum atomic E-state index is -0.581. The van der Waals surface area contributed by atoms with Crippen LogP contribution < -0.4 is 0 Å². The number of ether oxygens (including phenoxy) is 1. The zero-order valence-electron chi connectivity index (χ0n) is 10.4. The summed E-state index contributed by atoms with van der Waals surface area (Å²) in [5.74, 6) is 0.316. The maximum absolute atomic E-state index is 12.3. The number of Topliss-reactive ketones (excluding diaryl/α,β-unsaturated/α-hetero) is 1. The first-order chi connectivity index (χ1) is 7.41. The van der Waals surface area contributed by atoms with Crippen molar-refractivity contribution in [3.8, 4) is 0 Å². The van der Waals surface area contributed by atoms with Gasteiger partial charge in [0.2, 0.25) is 0 Å². The quantitative estimate of drug-likeness (QED) is 0.724. The highest BCUT2D eigenvalue weighted by atomic mass is 16.5. The minimum absolute atomic E-state index is 0.0184. The molecule has 1 N–H and O–H groups in total. The zero-order valence-corrected chi connectivity index (χ0v) is 10.4. The second kappa shape index (κ2) is 3.67. The summed E-state index contributed by atoms with van der Waals surface area (Å²) in [7, 11) is 0. The summed E-state index contributed by atoms with van der Waals surface area (Å²) in [5, 5.41) is 9.35. The Morgan fingerprint density at radius 1 is 1.56 bits per heavy atom. The van der Waals surface area contributed by atoms with Crippen molar-refractivity contribution in [2.45, 2.75) is 39.4 Å². The Balaban J connectivity index is 2.41. The van der Waals surface area contributed by atoms with Gasteiger partial charge < -0.3 is 9.84 Å². The molecule has 1 saturated heterocycles. The first kappa shape index (κ1) is 11.8. The first-order valence-electron chi connectivity index (χ1n) is 5.95. The SMILES string of the molecule is CC(C)[C@@H]1C(=O)[C@H](C)[C@@]2(C)O[C@@H]1C=C2CO. The average molecular weight is 224 g/mol. The topological polar surface area (TPSA) is 46.5 Å². The normalized spacial score (nSPS) is 42.8. The molecular formula is C13H20O3. The van der Waals surface area contributed by atoms with Crippen LogP contribution in [0.5, 0.6) is 0 Å². The molecule has 0 aromatic rings. The number of hydrogen-bond donors (Lipinski definition) is 1. The molecule has 2 aliphatic rings. The molecule has 2 aliphatic heterocycles. The molecule has 3 nitrogen and oxygen atoms in total. The van der Waals surface area contributed by atoms with Crippen LogP contribution in [-0.4, -0.2) is 29.2 Å². The smallest absolute Gasteiger partial charge is 0.145 e. The van der Waals surface area contributed by atoms with Crippen LogP contribution in [0, 0.1) is 17.8 Å². The van der Waals surface area contributed by atoms with Gasteiger partial charge in [0, 0.05) is 5.92 Å². The summed E-state index contributed by atoms with van der Waals surface area (Å²) in [4.78, 5) is 12.3. The van der Waals surface area contributed by atoms with Crippen LogP contribution in [0.15, 0.2) is 11.6 Å². The number of fused-ring (bicyclic) bond motifs is 2. The summed E-state index contributed by atoms with van der Waals surface area (Å²) in [5.41, 5.74) is 0.281. The lowest BCUT2D eigenvalue weighted by atomic mass is 9.74. The molecular weight excluding hydrogens is 204 g/mol. The second-order valence-electron chi connectivity index (χ2n) is 5.43. The Hall–Kier alpha value is -0.670. The Bertz CT molecular complexity index is 345. The number of aliphatic hydroxyl groups excluding tert-OH is 1. The van der Waals surface area contributed by atoms with E-state index >= 15 is 0 Å². The molecule has 2 rings (SSSR count). The van der Waals surface area contributed by atoms with E-state index in [1.807, 2.05) is 33.8 Å². The van der Waals surface area contributed by atoms with E-state index < -0.39 is 5.60 Å². The summed E-state index contributed by atoms with van der Waals surface area (Å²) in [6.45, 7) is 7.89. The van der Waals surface area contributed by atoms with E-state index in [1.54, 1.807) is 0 Å². The van der Waals surface area contributed by atoms with Crippen LogP contribution >= 0.6 is 0 Å². The molecule has 4 atom stereocenters. The number of ketones is 1. The molecule has 0 spiro atoms. The minimum Gasteiger partial charge on any atom is -0.392 e. The van der Waals surface area contributed by atoms with Crippen molar-refractivity contribution in [1.82, 2.24) is 0 Å². The van der Waals surface area contributed by atoms with Crippen LogP contribution in [0.2, 0.25) is 0 Å². The molecule has 3 heteroatoms. The Morgan fingerprint density at radius 3 is 2.69 bits per heavy atom. The molecule has 16 heavy (non-hydrogen) atoms. The average Bonchev–Trinajstić information content (AvgIpc) is 2.51. The van der Waals surface area contributed by atoms with E-state index in [-0.39, 0.29) is 36.2 Å². The third-order valence-corrected chi connectivity index (χ3v) is 4.21. The molecule has 2 heterocycles. The van der Waals surface area contributed by atoms with Crippen molar-refractivity contribution < 1.29 is 14.6 Å². The van der Waals surface area contributed by atoms with Crippen molar-refractivity contribution in [2.75, 3.05) is 6.61 Å². The standard InChI is InChI=1S/C13H20O3/c1-7(2)11-10-5-9(6-14)13(4,16-10)8(3)12(11)15/h5,7-8,10-11,14H,6H2,1-4H3/t8-,10+,11-,13+/m0/s1. The zero-order chi connectivity index (χ0) is 12.1. The first-order valence-corrected chi connectivity index (χ1v) is 5.95. The Labute approximate surface area is 96.5 Å². The molecule has 1 fully saturated rings. The van der Waals surface area contributed by atoms with Gasteiger partial charge in [-0.1, -0.05) is 26.8 Å². The fourth-order valence-corrected chi connectivity index (χ4v) is 2.95. The molecule has 0 amide bonds. The third kappa shape index (κ3) is 1.38. The van der Waals surface area contributed by atoms with E-state index in [0.717, 1.165) is 5.57 Å². The van der Waals surface area contributed by atoms with Gasteiger partial charge in [-0.2, -0.15) is 0 Å². The van der Waals surface area contributed by atoms with Gasteiger partial charge in [-0.05, 0) is 18.4 Å². The number of rotatable bonds is 2. The van der Waals surface area contributed by atoms with E-state index in [2.05, 4.69) is 0 Å². The predicted octanol–water partition coefficient (Wildman–Crippen LogP) is 1.55. The number of aliphatic hydroxyl groups is 1. The fraction of sp³-hybridized carbons (Fsp3) is 0.769. The van der Waals surface area contributed by atoms with E-state index in [0.29, 0.717) is 0 Å². The van der Waals surface area contributed by atoms with Gasteiger partial charge >= 0.3 is 0 Å². The van der Waals surface area contributed by atoms with Crippen LogP contribution in [0.3, 0.4) is 0 Å². The largest absolute Gasteiger partial charge is 0.392 e. The van der Waals surface area contributed by atoms with Crippen LogP contribution in [0.25, 0.3) is 0 Å². The van der Waals surface area contributed by atoms with Gasteiger partial charge in [0.25, 0.3) is 0 Å². The van der Waals surface area contributed by atoms with E-state index in [9.17, 15) is 9.90 Å². The molecule has 0 aromatic carbocycles. The summed E-state index contributed by atoms with van der Waals surface area (Å²) in [6.07, 6.45) is 1.81. The monoisotopic (exact) mass is 224 g/mol. The lowest BCUT2D eigenvalue weighted by Crippen LogP contribution is -2.52. The molecule has 0 unspecified atom stereocenters. The highest BCUT2D eigenvalue weighted by molar-refractivity contribution is 5.87. The van der Waals surface area contributed by atoms with Crippen LogP contribution in [-0.2, 0) is 9.53 Å². The number of hydrogen-bond acceptors (Lipinski definition) is 3. The van der Waals surface area contributed by atoms with Gasteiger partial charge in [-0.3, -0.25) is 4.79 Å².